The lowest BCUT2D eigenvalue weighted by Crippen LogP contribution is -2.27. The zero-order valence-corrected chi connectivity index (χ0v) is 7.39. The van der Waals surface area contributed by atoms with E-state index in [1.807, 2.05) is 6.92 Å². The number of hydrogen-bond donors (Lipinski definition) is 1. The molecule has 0 spiro atoms. The van der Waals surface area contributed by atoms with Crippen molar-refractivity contribution in [3.05, 3.63) is 0 Å². The van der Waals surface area contributed by atoms with E-state index in [2.05, 4.69) is 29.1 Å². The van der Waals surface area contributed by atoms with Crippen molar-refractivity contribution in [3.63, 3.8) is 0 Å². The zero-order valence-electron chi connectivity index (χ0n) is 7.39. The Morgan fingerprint density at radius 1 is 1.55 bits per heavy atom. The van der Waals surface area contributed by atoms with Crippen LogP contribution in [0.1, 0.15) is 20.8 Å². The molecule has 0 fully saturated rings. The Morgan fingerprint density at radius 3 is 2.73 bits per heavy atom. The minimum Gasteiger partial charge on any atom is -0.308 e. The number of hydrogen-bond acceptors (Lipinski definition) is 3. The maximum absolute atomic E-state index is 4.26. The van der Waals surface area contributed by atoms with Gasteiger partial charge in [0.2, 0.25) is 0 Å². The van der Waals surface area contributed by atoms with Crippen molar-refractivity contribution in [3.8, 4) is 0 Å². The van der Waals surface area contributed by atoms with Gasteiger partial charge in [0.15, 0.2) is 0 Å². The standard InChI is InChI=1S/C8H15N3/c1-6(2)9-5-8-10-4-7(3)11-8/h6,9H,4-5H2,1-3H3. The molecule has 0 amide bonds. The molecular weight excluding hydrogens is 138 g/mol. The van der Waals surface area contributed by atoms with Crippen LogP contribution in [0.2, 0.25) is 0 Å². The highest BCUT2D eigenvalue weighted by atomic mass is 15.0. The van der Waals surface area contributed by atoms with Crippen molar-refractivity contribution in [2.75, 3.05) is 13.1 Å². The Bertz CT molecular complexity index is 192. The van der Waals surface area contributed by atoms with Gasteiger partial charge in [-0.05, 0) is 6.92 Å². The van der Waals surface area contributed by atoms with Crippen molar-refractivity contribution in [1.82, 2.24) is 5.32 Å². The molecule has 0 aromatic rings. The fourth-order valence-corrected chi connectivity index (χ4v) is 0.888. The highest BCUT2D eigenvalue weighted by Gasteiger charge is 2.05. The molecule has 0 aliphatic carbocycles. The Balaban J connectivity index is 2.28. The van der Waals surface area contributed by atoms with Crippen LogP contribution in [0.15, 0.2) is 9.98 Å². The Morgan fingerprint density at radius 2 is 2.27 bits per heavy atom. The van der Waals surface area contributed by atoms with Crippen LogP contribution >= 0.6 is 0 Å². The number of amidine groups is 1. The van der Waals surface area contributed by atoms with Crippen LogP contribution in [-0.4, -0.2) is 30.7 Å². The molecule has 3 nitrogen and oxygen atoms in total. The van der Waals surface area contributed by atoms with Crippen LogP contribution in [-0.2, 0) is 0 Å². The fraction of sp³-hybridized carbons (Fsp3) is 0.750. The smallest absolute Gasteiger partial charge is 0.137 e. The average Bonchev–Trinajstić information content (AvgIpc) is 2.31. The molecule has 0 atom stereocenters. The van der Waals surface area contributed by atoms with Crippen LogP contribution in [0, 0.1) is 0 Å². The van der Waals surface area contributed by atoms with Crippen LogP contribution in [0.25, 0.3) is 0 Å². The molecule has 62 valence electrons. The van der Waals surface area contributed by atoms with Crippen molar-refractivity contribution >= 4 is 11.5 Å². The topological polar surface area (TPSA) is 36.8 Å². The first-order valence-corrected chi connectivity index (χ1v) is 3.99. The Kier molecular flexibility index (Phi) is 2.76. The molecule has 1 heterocycles. The Labute approximate surface area is 67.6 Å². The minimum atomic E-state index is 0.508. The summed E-state index contributed by atoms with van der Waals surface area (Å²) in [5.74, 6) is 0.941. The molecule has 0 aromatic heterocycles. The van der Waals surface area contributed by atoms with Gasteiger partial charge in [-0.15, -0.1) is 0 Å². The van der Waals surface area contributed by atoms with Gasteiger partial charge in [-0.1, -0.05) is 13.8 Å². The van der Waals surface area contributed by atoms with E-state index in [-0.39, 0.29) is 0 Å². The number of nitrogens with one attached hydrogen (secondary N) is 1. The number of rotatable bonds is 3. The quantitative estimate of drug-likeness (QED) is 0.641. The van der Waals surface area contributed by atoms with E-state index in [1.54, 1.807) is 0 Å². The molecule has 11 heavy (non-hydrogen) atoms. The average molecular weight is 153 g/mol. The number of nitrogens with zero attached hydrogens (tertiary/aromatic N) is 2. The van der Waals surface area contributed by atoms with Gasteiger partial charge in [-0.3, -0.25) is 4.99 Å². The SMILES string of the molecule is CC1=NC(CNC(C)C)=NC1. The first-order valence-electron chi connectivity index (χ1n) is 3.99. The van der Waals surface area contributed by atoms with Gasteiger partial charge in [0.05, 0.1) is 13.1 Å². The summed E-state index contributed by atoms with van der Waals surface area (Å²) in [6, 6.07) is 0.508. The zero-order chi connectivity index (χ0) is 8.27. The van der Waals surface area contributed by atoms with Crippen molar-refractivity contribution in [2.24, 2.45) is 9.98 Å². The molecule has 0 radical (unpaired) electrons. The van der Waals surface area contributed by atoms with Gasteiger partial charge in [0, 0.05) is 11.8 Å². The molecular formula is C8H15N3. The van der Waals surface area contributed by atoms with E-state index in [0.29, 0.717) is 6.04 Å². The van der Waals surface area contributed by atoms with E-state index >= 15 is 0 Å². The van der Waals surface area contributed by atoms with Crippen LogP contribution in [0.5, 0.6) is 0 Å². The van der Waals surface area contributed by atoms with E-state index in [0.717, 1.165) is 24.6 Å². The third kappa shape index (κ3) is 2.80. The highest BCUT2D eigenvalue weighted by molar-refractivity contribution is 6.03. The summed E-state index contributed by atoms with van der Waals surface area (Å²) < 4.78 is 0. The normalized spacial score (nSPS) is 17.1. The third-order valence-electron chi connectivity index (χ3n) is 1.48. The first-order chi connectivity index (χ1) is 5.18. The highest BCUT2D eigenvalue weighted by Crippen LogP contribution is 1.94. The molecule has 1 aliphatic heterocycles. The predicted molar refractivity (Wildman–Crippen MR) is 48.5 cm³/mol. The second-order valence-electron chi connectivity index (χ2n) is 3.12. The summed E-state index contributed by atoms with van der Waals surface area (Å²) in [5, 5.41) is 3.27. The molecule has 3 heteroatoms. The lowest BCUT2D eigenvalue weighted by molar-refractivity contribution is 0.641. The predicted octanol–water partition coefficient (Wildman–Crippen LogP) is 0.857. The van der Waals surface area contributed by atoms with Gasteiger partial charge >= 0.3 is 0 Å². The van der Waals surface area contributed by atoms with Gasteiger partial charge in [0.25, 0.3) is 0 Å². The second-order valence-corrected chi connectivity index (χ2v) is 3.12. The molecule has 1 aliphatic rings. The van der Waals surface area contributed by atoms with Gasteiger partial charge in [0.1, 0.15) is 5.84 Å². The molecule has 0 saturated carbocycles. The number of aliphatic imine (C=N–C) groups is 2. The van der Waals surface area contributed by atoms with E-state index < -0.39 is 0 Å². The second kappa shape index (κ2) is 3.62. The van der Waals surface area contributed by atoms with E-state index in [1.165, 1.54) is 0 Å². The van der Waals surface area contributed by atoms with E-state index in [9.17, 15) is 0 Å². The molecule has 0 saturated heterocycles. The monoisotopic (exact) mass is 153 g/mol. The summed E-state index contributed by atoms with van der Waals surface area (Å²) in [6.07, 6.45) is 0. The third-order valence-corrected chi connectivity index (χ3v) is 1.48. The molecule has 0 aromatic carbocycles. The van der Waals surface area contributed by atoms with E-state index in [4.69, 9.17) is 0 Å². The molecule has 0 bridgehead atoms. The lowest BCUT2D eigenvalue weighted by atomic mass is 10.4. The minimum absolute atomic E-state index is 0.508. The molecule has 1 rings (SSSR count). The van der Waals surface area contributed by atoms with Crippen LogP contribution in [0.3, 0.4) is 0 Å². The molecule has 0 unspecified atom stereocenters. The summed E-state index contributed by atoms with van der Waals surface area (Å²) >= 11 is 0. The van der Waals surface area contributed by atoms with Gasteiger partial charge in [-0.2, -0.15) is 0 Å². The molecule has 1 N–H and O–H groups in total. The largest absolute Gasteiger partial charge is 0.308 e. The van der Waals surface area contributed by atoms with Crippen LogP contribution < -0.4 is 5.32 Å². The van der Waals surface area contributed by atoms with Gasteiger partial charge in [-0.25, -0.2) is 4.99 Å². The van der Waals surface area contributed by atoms with Crippen LogP contribution in [0.4, 0.5) is 0 Å². The fourth-order valence-electron chi connectivity index (χ4n) is 0.888. The van der Waals surface area contributed by atoms with Crippen molar-refractivity contribution in [2.45, 2.75) is 26.8 Å². The van der Waals surface area contributed by atoms with Gasteiger partial charge < -0.3 is 5.32 Å². The van der Waals surface area contributed by atoms with Crippen molar-refractivity contribution < 1.29 is 0 Å². The first kappa shape index (κ1) is 8.40. The summed E-state index contributed by atoms with van der Waals surface area (Å²) in [5.41, 5.74) is 1.12. The Hall–Kier alpha value is -0.700. The summed E-state index contributed by atoms with van der Waals surface area (Å²) in [6.45, 7) is 7.83. The summed E-state index contributed by atoms with van der Waals surface area (Å²) in [4.78, 5) is 8.50. The van der Waals surface area contributed by atoms with Crippen molar-refractivity contribution in [1.29, 1.82) is 0 Å². The summed E-state index contributed by atoms with van der Waals surface area (Å²) in [7, 11) is 0. The lowest BCUT2D eigenvalue weighted by Gasteiger charge is -2.04. The maximum atomic E-state index is 4.26. The maximum Gasteiger partial charge on any atom is 0.137 e.